The summed E-state index contributed by atoms with van der Waals surface area (Å²) < 4.78 is 5.86. The number of hydrogen-bond donors (Lipinski definition) is 4. The number of rotatable bonds is 5. The molecule has 0 aromatic heterocycles. The molecule has 1 amide bonds. The van der Waals surface area contributed by atoms with E-state index >= 15 is 0 Å². The number of anilines is 1. The average molecular weight is 332 g/mol. The molecule has 7 nitrogen and oxygen atoms in total. The highest BCUT2D eigenvalue weighted by Crippen LogP contribution is 2.26. The molecule has 7 heteroatoms. The third-order valence-corrected chi connectivity index (χ3v) is 3.36. The molecule has 6 N–H and O–H groups in total. The number of nitrogens with two attached hydrogens (primary N) is 2. The summed E-state index contributed by atoms with van der Waals surface area (Å²) in [5.41, 5.74) is 5.80. The van der Waals surface area contributed by atoms with Gasteiger partial charge in [-0.2, -0.15) is 0 Å². The Bertz CT molecular complexity index is 675. The molecule has 0 aliphatic heterocycles. The summed E-state index contributed by atoms with van der Waals surface area (Å²) in [6, 6.07) is 11.1. The lowest BCUT2D eigenvalue weighted by molar-refractivity contribution is -0.109. The Morgan fingerprint density at radius 2 is 1.92 bits per heavy atom. The fourth-order valence-electron chi connectivity index (χ4n) is 2.15. The van der Waals surface area contributed by atoms with Gasteiger partial charge in [0.05, 0.1) is 5.69 Å². The van der Waals surface area contributed by atoms with E-state index in [1.807, 2.05) is 39.1 Å². The van der Waals surface area contributed by atoms with Crippen molar-refractivity contribution in [3.8, 4) is 11.5 Å². The molecule has 0 spiro atoms. The Morgan fingerprint density at radius 1 is 1.25 bits per heavy atom. The van der Waals surface area contributed by atoms with Crippen molar-refractivity contribution in [2.75, 3.05) is 12.1 Å². The summed E-state index contributed by atoms with van der Waals surface area (Å²) in [4.78, 5) is 8.94. The summed E-state index contributed by atoms with van der Waals surface area (Å²) >= 11 is 0. The second-order valence-electron chi connectivity index (χ2n) is 5.21. The molecule has 0 aliphatic rings. The third kappa shape index (κ3) is 5.45. The number of benzene rings is 2. The number of phenolic OH excluding ortho intramolecular Hbond substituents is 1. The Kier molecular flexibility index (Phi) is 7.54. The molecule has 2 rings (SSSR count). The lowest BCUT2D eigenvalue weighted by Gasteiger charge is -2.19. The van der Waals surface area contributed by atoms with E-state index in [9.17, 15) is 5.11 Å². The van der Waals surface area contributed by atoms with E-state index in [4.69, 9.17) is 15.4 Å². The van der Waals surface area contributed by atoms with Crippen LogP contribution < -0.4 is 26.9 Å². The zero-order valence-corrected chi connectivity index (χ0v) is 14.1. The minimum Gasteiger partial charge on any atom is -0.508 e. The van der Waals surface area contributed by atoms with E-state index in [1.165, 1.54) is 0 Å². The predicted molar refractivity (Wildman–Crippen MR) is 94.3 cm³/mol. The minimum absolute atomic E-state index is 0.244. The summed E-state index contributed by atoms with van der Waals surface area (Å²) in [7, 11) is 1.81. The van der Waals surface area contributed by atoms with Crippen molar-refractivity contribution in [3.05, 3.63) is 53.1 Å². The number of nitrogens with zero attached hydrogens (tertiary/aromatic N) is 1. The number of hydrazine groups is 2. The van der Waals surface area contributed by atoms with Crippen LogP contribution in [0.3, 0.4) is 0 Å². The highest BCUT2D eigenvalue weighted by molar-refractivity contribution is 5.55. The van der Waals surface area contributed by atoms with Crippen LogP contribution in [0.1, 0.15) is 16.7 Å². The van der Waals surface area contributed by atoms with Gasteiger partial charge < -0.3 is 14.9 Å². The van der Waals surface area contributed by atoms with Crippen LogP contribution in [0.15, 0.2) is 36.4 Å². The average Bonchev–Trinajstić information content (AvgIpc) is 2.55. The summed E-state index contributed by atoms with van der Waals surface area (Å²) in [6.45, 7) is 4.38. The lowest BCUT2D eigenvalue weighted by atomic mass is 10.1. The Labute approximate surface area is 141 Å². The van der Waals surface area contributed by atoms with E-state index in [-0.39, 0.29) is 5.75 Å². The molecule has 130 valence electrons. The molecule has 0 saturated carbocycles. The first kappa shape index (κ1) is 19.3. The van der Waals surface area contributed by atoms with Gasteiger partial charge in [-0.15, -0.1) is 0 Å². The fourth-order valence-corrected chi connectivity index (χ4v) is 2.15. The monoisotopic (exact) mass is 332 g/mol. The normalized spacial score (nSPS) is 9.54. The first-order chi connectivity index (χ1) is 11.4. The summed E-state index contributed by atoms with van der Waals surface area (Å²) in [6.07, 6.45) is 0.403. The maximum absolute atomic E-state index is 9.41. The zero-order valence-electron chi connectivity index (χ0n) is 14.1. The van der Waals surface area contributed by atoms with Gasteiger partial charge in [0, 0.05) is 12.6 Å². The van der Waals surface area contributed by atoms with Gasteiger partial charge in [-0.05, 0) is 49.2 Å². The second kappa shape index (κ2) is 9.39. The van der Waals surface area contributed by atoms with Crippen LogP contribution in [0.5, 0.6) is 11.5 Å². The van der Waals surface area contributed by atoms with Crippen molar-refractivity contribution < 1.29 is 14.6 Å². The number of aromatic hydroxyl groups is 1. The van der Waals surface area contributed by atoms with Gasteiger partial charge >= 0.3 is 0 Å². The van der Waals surface area contributed by atoms with Crippen LogP contribution in [0.4, 0.5) is 5.69 Å². The van der Waals surface area contributed by atoms with Gasteiger partial charge in [-0.1, -0.05) is 12.1 Å². The number of carbonyl (C=O) groups is 1. The smallest absolute Gasteiger partial charge is 0.221 e. The molecule has 0 heterocycles. The second-order valence-corrected chi connectivity index (χ2v) is 5.21. The maximum atomic E-state index is 9.41. The van der Waals surface area contributed by atoms with Gasteiger partial charge in [0.25, 0.3) is 0 Å². The summed E-state index contributed by atoms with van der Waals surface area (Å²) in [5.74, 6) is 11.3. The molecule has 0 unspecified atom stereocenters. The Balaban J connectivity index is 0.000000648. The van der Waals surface area contributed by atoms with Gasteiger partial charge in [-0.25, -0.2) is 11.7 Å². The van der Waals surface area contributed by atoms with Gasteiger partial charge in [0.1, 0.15) is 18.1 Å². The molecule has 0 saturated heterocycles. The van der Waals surface area contributed by atoms with E-state index in [0.29, 0.717) is 13.0 Å². The van der Waals surface area contributed by atoms with Gasteiger partial charge in [0.2, 0.25) is 6.41 Å². The molecule has 0 radical (unpaired) electrons. The fraction of sp³-hybridized carbons (Fsp3) is 0.235. The molecule has 2 aromatic carbocycles. The first-order valence-corrected chi connectivity index (χ1v) is 7.29. The molecular weight excluding hydrogens is 308 g/mol. The van der Waals surface area contributed by atoms with E-state index < -0.39 is 0 Å². The van der Waals surface area contributed by atoms with Crippen LogP contribution in [0.2, 0.25) is 0 Å². The molecular formula is C17H24N4O3. The Hall–Kier alpha value is -2.77. The molecule has 0 bridgehead atoms. The molecule has 0 fully saturated rings. The van der Waals surface area contributed by atoms with Crippen LogP contribution in [-0.4, -0.2) is 18.6 Å². The van der Waals surface area contributed by atoms with Crippen molar-refractivity contribution in [2.45, 2.75) is 20.5 Å². The predicted octanol–water partition coefficient (Wildman–Crippen LogP) is 1.50. The standard InChI is InChI=1S/C16H20N2O2.CH4N2O/c1-11-5-4-6-15(18(3)17)14(11)10-20-16-8-7-13(19)9-12(16)2;2-3-1-4/h4-9,19H,10,17H2,1-3H3;1H,2H2,(H,3,4). The van der Waals surface area contributed by atoms with E-state index in [1.54, 1.807) is 28.6 Å². The zero-order chi connectivity index (χ0) is 18.1. The first-order valence-electron chi connectivity index (χ1n) is 7.29. The van der Waals surface area contributed by atoms with Crippen molar-refractivity contribution in [2.24, 2.45) is 11.7 Å². The number of phenols is 1. The van der Waals surface area contributed by atoms with Gasteiger partial charge in [0.15, 0.2) is 0 Å². The number of carbonyl (C=O) groups excluding carboxylic acids is 1. The number of nitrogens with one attached hydrogen (secondary N) is 1. The highest BCUT2D eigenvalue weighted by atomic mass is 16.5. The van der Waals surface area contributed by atoms with Gasteiger partial charge in [-0.3, -0.25) is 10.2 Å². The lowest BCUT2D eigenvalue weighted by Crippen LogP contribution is -2.26. The van der Waals surface area contributed by atoms with E-state index in [2.05, 4.69) is 5.84 Å². The minimum atomic E-state index is 0.244. The Morgan fingerprint density at radius 3 is 2.46 bits per heavy atom. The number of amides is 1. The van der Waals surface area contributed by atoms with Crippen LogP contribution in [-0.2, 0) is 11.4 Å². The van der Waals surface area contributed by atoms with Crippen molar-refractivity contribution in [3.63, 3.8) is 0 Å². The molecule has 24 heavy (non-hydrogen) atoms. The van der Waals surface area contributed by atoms with Crippen molar-refractivity contribution >= 4 is 12.1 Å². The quantitative estimate of drug-likeness (QED) is 0.286. The van der Waals surface area contributed by atoms with Crippen LogP contribution in [0, 0.1) is 13.8 Å². The SMILES string of the molecule is Cc1cc(O)ccc1OCc1c(C)cccc1N(C)N.NNC=O. The number of ether oxygens (including phenoxy) is 1. The maximum Gasteiger partial charge on any atom is 0.221 e. The number of hydrogen-bond acceptors (Lipinski definition) is 6. The third-order valence-electron chi connectivity index (χ3n) is 3.36. The van der Waals surface area contributed by atoms with Crippen LogP contribution in [0.25, 0.3) is 0 Å². The van der Waals surface area contributed by atoms with Crippen molar-refractivity contribution in [1.82, 2.24) is 5.43 Å². The molecule has 0 atom stereocenters. The van der Waals surface area contributed by atoms with Crippen LogP contribution >= 0.6 is 0 Å². The molecule has 0 aliphatic carbocycles. The highest BCUT2D eigenvalue weighted by Gasteiger charge is 2.09. The largest absolute Gasteiger partial charge is 0.508 e. The number of aryl methyl sites for hydroxylation is 2. The topological polar surface area (TPSA) is 114 Å². The summed E-state index contributed by atoms with van der Waals surface area (Å²) in [5, 5.41) is 11.0. The van der Waals surface area contributed by atoms with E-state index in [0.717, 1.165) is 28.1 Å². The molecule has 2 aromatic rings. The van der Waals surface area contributed by atoms with Crippen molar-refractivity contribution in [1.29, 1.82) is 0 Å².